The molecule has 2 aliphatic heterocycles. The lowest BCUT2D eigenvalue weighted by molar-refractivity contribution is 0.0423. The first-order chi connectivity index (χ1) is 16.6. The Morgan fingerprint density at radius 2 is 2.09 bits per heavy atom. The summed E-state index contributed by atoms with van der Waals surface area (Å²) in [5.74, 6) is 2.25. The maximum absolute atomic E-state index is 5.75. The number of nitrogens with zero attached hydrogens (tertiary/aromatic N) is 5. The smallest absolute Gasteiger partial charge is 0.161 e. The Labute approximate surface area is 199 Å². The molecule has 5 heterocycles. The summed E-state index contributed by atoms with van der Waals surface area (Å²) in [6, 6.07) is 6.41. The Morgan fingerprint density at radius 3 is 2.76 bits per heavy atom. The Balaban J connectivity index is 1.55. The van der Waals surface area contributed by atoms with Gasteiger partial charge in [0.25, 0.3) is 0 Å². The van der Waals surface area contributed by atoms with E-state index in [1.807, 2.05) is 36.7 Å². The molecule has 2 saturated heterocycles. The third-order valence-electron chi connectivity index (χ3n) is 6.54. The molecule has 0 spiro atoms. The lowest BCUT2D eigenvalue weighted by atomic mass is 9.72. The molecule has 2 aliphatic rings. The van der Waals surface area contributed by atoms with Crippen LogP contribution in [0.3, 0.4) is 0 Å². The molecule has 3 aromatic rings. The van der Waals surface area contributed by atoms with Gasteiger partial charge in [0.05, 0.1) is 25.3 Å². The van der Waals surface area contributed by atoms with E-state index in [0.29, 0.717) is 38.2 Å². The number of aryl methyl sites for hydroxylation is 1. The van der Waals surface area contributed by atoms with Crippen molar-refractivity contribution in [1.29, 1.82) is 0 Å². The maximum atomic E-state index is 5.75. The Bertz CT molecular complexity index is 1140. The van der Waals surface area contributed by atoms with Gasteiger partial charge >= 0.3 is 0 Å². The normalized spacial score (nSPS) is 21.2. The molecule has 10 nitrogen and oxygen atoms in total. The zero-order valence-corrected chi connectivity index (χ0v) is 20.2. The fourth-order valence-corrected chi connectivity index (χ4v) is 4.60. The minimum atomic E-state index is 0.0522. The molecule has 2 fully saturated rings. The van der Waals surface area contributed by atoms with Gasteiger partial charge in [0.1, 0.15) is 28.4 Å². The Morgan fingerprint density at radius 1 is 1.18 bits per heavy atom. The van der Waals surface area contributed by atoms with Crippen molar-refractivity contribution in [3.05, 3.63) is 35.4 Å². The average Bonchev–Trinajstić information content (AvgIpc) is 3.17. The van der Waals surface area contributed by atoms with Gasteiger partial charge in [-0.3, -0.25) is 4.68 Å². The van der Waals surface area contributed by atoms with Crippen LogP contribution in [0.4, 0.5) is 11.6 Å². The van der Waals surface area contributed by atoms with Crippen molar-refractivity contribution < 1.29 is 9.47 Å². The third-order valence-corrected chi connectivity index (χ3v) is 6.54. The summed E-state index contributed by atoms with van der Waals surface area (Å²) in [5, 5.41) is 15.4. The van der Waals surface area contributed by atoms with Crippen LogP contribution in [0.25, 0.3) is 11.0 Å². The summed E-state index contributed by atoms with van der Waals surface area (Å²) in [6.07, 6.45) is 1.74. The van der Waals surface area contributed by atoms with Gasteiger partial charge < -0.3 is 25.4 Å². The summed E-state index contributed by atoms with van der Waals surface area (Å²) in [4.78, 5) is 14.6. The van der Waals surface area contributed by atoms with E-state index in [9.17, 15) is 0 Å². The zero-order valence-electron chi connectivity index (χ0n) is 20.2. The van der Waals surface area contributed by atoms with Crippen LogP contribution >= 0.6 is 0 Å². The number of fused-ring (bicyclic) bond motifs is 2. The minimum absolute atomic E-state index is 0.0522. The molecule has 0 saturated carbocycles. The average molecular weight is 467 g/mol. The van der Waals surface area contributed by atoms with Crippen LogP contribution in [0.1, 0.15) is 37.5 Å². The summed E-state index contributed by atoms with van der Waals surface area (Å²) >= 11 is 0. The topological polar surface area (TPSA) is 111 Å². The number of anilines is 2. The van der Waals surface area contributed by atoms with Crippen molar-refractivity contribution in [3.63, 3.8) is 0 Å². The largest absolute Gasteiger partial charge is 0.380 e. The van der Waals surface area contributed by atoms with Gasteiger partial charge in [0, 0.05) is 44.5 Å². The highest BCUT2D eigenvalue weighted by molar-refractivity contribution is 5.89. The van der Waals surface area contributed by atoms with E-state index >= 15 is 0 Å². The second-order valence-electron chi connectivity index (χ2n) is 9.04. The fourth-order valence-electron chi connectivity index (χ4n) is 4.60. The van der Waals surface area contributed by atoms with Gasteiger partial charge in [-0.05, 0) is 32.4 Å². The first-order valence-electron chi connectivity index (χ1n) is 12.2. The van der Waals surface area contributed by atoms with E-state index < -0.39 is 0 Å². The number of aromatic nitrogens is 5. The number of nitrogens with one attached hydrogen (secondary N) is 3. The number of pyridine rings is 1. The molecule has 182 valence electrons. The van der Waals surface area contributed by atoms with Crippen molar-refractivity contribution in [3.8, 4) is 0 Å². The van der Waals surface area contributed by atoms with E-state index in [4.69, 9.17) is 24.5 Å². The molecule has 34 heavy (non-hydrogen) atoms. The number of hydrogen-bond donors (Lipinski definition) is 3. The summed E-state index contributed by atoms with van der Waals surface area (Å²) in [5.41, 5.74) is 3.48. The van der Waals surface area contributed by atoms with Crippen molar-refractivity contribution in [2.45, 2.75) is 58.3 Å². The van der Waals surface area contributed by atoms with Crippen molar-refractivity contribution in [2.75, 3.05) is 38.2 Å². The van der Waals surface area contributed by atoms with Gasteiger partial charge in [-0.1, -0.05) is 13.0 Å². The highest BCUT2D eigenvalue weighted by atomic mass is 16.5. The Hall–Kier alpha value is -2.66. The lowest BCUT2D eigenvalue weighted by Gasteiger charge is -2.59. The summed E-state index contributed by atoms with van der Waals surface area (Å²) in [6.45, 7) is 10.9. The zero-order chi connectivity index (χ0) is 23.5. The number of ether oxygens (including phenoxy) is 2. The predicted octanol–water partition coefficient (Wildman–Crippen LogP) is 2.09. The molecule has 10 heteroatoms. The molecule has 5 rings (SSSR count). The Kier molecular flexibility index (Phi) is 6.73. The molecule has 2 unspecified atom stereocenters. The second-order valence-corrected chi connectivity index (χ2v) is 9.04. The van der Waals surface area contributed by atoms with Crippen LogP contribution in [-0.4, -0.2) is 69.2 Å². The molecule has 0 amide bonds. The van der Waals surface area contributed by atoms with Crippen LogP contribution in [0.5, 0.6) is 0 Å². The molecular formula is C24H34N8O2. The van der Waals surface area contributed by atoms with E-state index in [1.165, 1.54) is 0 Å². The van der Waals surface area contributed by atoms with Gasteiger partial charge in [-0.25, -0.2) is 15.0 Å². The molecule has 0 bridgehead atoms. The van der Waals surface area contributed by atoms with Gasteiger partial charge in [-0.15, -0.1) is 0 Å². The number of hydrogen-bond acceptors (Lipinski definition) is 9. The quantitative estimate of drug-likeness (QED) is 0.346. The van der Waals surface area contributed by atoms with Crippen LogP contribution in [0.2, 0.25) is 0 Å². The highest BCUT2D eigenvalue weighted by Crippen LogP contribution is 2.32. The van der Waals surface area contributed by atoms with E-state index in [-0.39, 0.29) is 5.54 Å². The second kappa shape index (κ2) is 9.91. The van der Waals surface area contributed by atoms with Crippen molar-refractivity contribution in [2.24, 2.45) is 0 Å². The van der Waals surface area contributed by atoms with Gasteiger partial charge in [0.2, 0.25) is 0 Å². The highest BCUT2D eigenvalue weighted by Gasteiger charge is 2.53. The molecule has 3 aromatic heterocycles. The molecule has 0 aliphatic carbocycles. The monoisotopic (exact) mass is 466 g/mol. The van der Waals surface area contributed by atoms with Crippen LogP contribution < -0.4 is 16.0 Å². The minimum Gasteiger partial charge on any atom is -0.380 e. The molecular weight excluding hydrogens is 432 g/mol. The first-order valence-corrected chi connectivity index (χ1v) is 12.2. The molecule has 0 aromatic carbocycles. The van der Waals surface area contributed by atoms with Crippen LogP contribution in [0.15, 0.2) is 18.2 Å². The lowest BCUT2D eigenvalue weighted by Crippen LogP contribution is -2.86. The summed E-state index contributed by atoms with van der Waals surface area (Å²) in [7, 11) is 0. The third kappa shape index (κ3) is 4.50. The van der Waals surface area contributed by atoms with Crippen LogP contribution in [-0.2, 0) is 29.0 Å². The maximum Gasteiger partial charge on any atom is 0.161 e. The van der Waals surface area contributed by atoms with Crippen LogP contribution in [0, 0.1) is 6.92 Å². The predicted molar refractivity (Wildman–Crippen MR) is 130 cm³/mol. The van der Waals surface area contributed by atoms with Gasteiger partial charge in [0.15, 0.2) is 5.82 Å². The molecule has 2 atom stereocenters. The van der Waals surface area contributed by atoms with E-state index in [1.54, 1.807) is 0 Å². The fraction of sp³-hybridized carbons (Fsp3) is 0.583. The number of piperazine rings is 1. The van der Waals surface area contributed by atoms with Crippen molar-refractivity contribution in [1.82, 2.24) is 35.4 Å². The molecule has 3 N–H and O–H groups in total. The SMILES string of the molecule is CCCOCCn1nc(COCC)c2nc(CC34CNC3CN4)nc(Nc3cccc(C)n3)c21. The number of rotatable bonds is 12. The molecule has 0 radical (unpaired) electrons. The van der Waals surface area contributed by atoms with Crippen molar-refractivity contribution >= 4 is 22.7 Å². The van der Waals surface area contributed by atoms with E-state index in [0.717, 1.165) is 66.6 Å². The first kappa shape index (κ1) is 23.1. The summed E-state index contributed by atoms with van der Waals surface area (Å²) < 4.78 is 13.4. The standard InChI is InChI=1S/C24H34N8O2/c1-4-10-34-11-9-32-22-21(17(31-32)14-33-5-2)28-20(12-24-15-25-18(24)13-26-24)30-23(22)29-19-8-6-7-16(3)27-19/h6-8,18,25-26H,4-5,9-15H2,1-3H3,(H,27,28,29,30). The van der Waals surface area contributed by atoms with E-state index in [2.05, 4.69) is 27.9 Å². The van der Waals surface area contributed by atoms with Gasteiger partial charge in [-0.2, -0.15) is 5.10 Å².